The van der Waals surface area contributed by atoms with Crippen molar-refractivity contribution < 1.29 is 19.1 Å². The molecule has 0 radical (unpaired) electrons. The van der Waals surface area contributed by atoms with Gasteiger partial charge in [0.25, 0.3) is 0 Å². The molecule has 4 atom stereocenters. The van der Waals surface area contributed by atoms with Gasteiger partial charge in [-0.15, -0.1) is 11.6 Å². The SMILES string of the molecule is CCCCCC(=O)NCC(=O)NCCCC[C@@H]1[C@H](CC=CCCCC(=O)CCl)[C@@H]2CC[C@H]1O2. The quantitative estimate of drug-likeness (QED) is 0.169. The fourth-order valence-corrected chi connectivity index (χ4v) is 5.18. The van der Waals surface area contributed by atoms with E-state index in [1.807, 2.05) is 0 Å². The predicted molar refractivity (Wildman–Crippen MR) is 132 cm³/mol. The van der Waals surface area contributed by atoms with E-state index in [2.05, 4.69) is 29.7 Å². The summed E-state index contributed by atoms with van der Waals surface area (Å²) in [6.07, 6.45) is 17.6. The summed E-state index contributed by atoms with van der Waals surface area (Å²) in [5.41, 5.74) is 0. The first-order valence-corrected chi connectivity index (χ1v) is 13.5. The van der Waals surface area contributed by atoms with Crippen molar-refractivity contribution in [1.82, 2.24) is 10.6 Å². The Morgan fingerprint density at radius 3 is 2.45 bits per heavy atom. The van der Waals surface area contributed by atoms with Crippen LogP contribution in [-0.2, 0) is 19.1 Å². The molecule has 0 aliphatic carbocycles. The molecule has 2 aliphatic heterocycles. The Kier molecular flexibility index (Phi) is 13.7. The molecular formula is C26H43ClN2O4. The topological polar surface area (TPSA) is 84.5 Å². The molecule has 0 aromatic heterocycles. The molecule has 188 valence electrons. The molecule has 7 heteroatoms. The van der Waals surface area contributed by atoms with Gasteiger partial charge in [0.1, 0.15) is 5.78 Å². The smallest absolute Gasteiger partial charge is 0.239 e. The van der Waals surface area contributed by atoms with E-state index in [4.69, 9.17) is 16.3 Å². The van der Waals surface area contributed by atoms with Crippen molar-refractivity contribution in [2.75, 3.05) is 19.0 Å². The van der Waals surface area contributed by atoms with Crippen LogP contribution in [0.1, 0.15) is 90.4 Å². The van der Waals surface area contributed by atoms with Gasteiger partial charge in [-0.3, -0.25) is 14.4 Å². The van der Waals surface area contributed by atoms with E-state index in [1.54, 1.807) is 0 Å². The van der Waals surface area contributed by atoms with Crippen molar-refractivity contribution in [2.24, 2.45) is 11.8 Å². The summed E-state index contributed by atoms with van der Waals surface area (Å²) in [5, 5.41) is 5.61. The largest absolute Gasteiger partial charge is 0.374 e. The summed E-state index contributed by atoms with van der Waals surface area (Å²) in [4.78, 5) is 34.9. The van der Waals surface area contributed by atoms with E-state index >= 15 is 0 Å². The Labute approximate surface area is 204 Å². The standard InChI is InChI=1S/C26H43ClN2O4/c1-2-3-6-14-25(31)29-19-26(32)28-17-10-9-13-22-21(23-15-16-24(22)33-23)12-8-5-4-7-11-20(30)18-27/h5,8,21-24H,2-4,6-7,9-19H2,1H3,(H,28,32)(H,29,31)/t21-,22+,23-,24+/m0/s1. The van der Waals surface area contributed by atoms with Crippen molar-refractivity contribution in [2.45, 2.75) is 103 Å². The Morgan fingerprint density at radius 1 is 0.909 bits per heavy atom. The molecule has 0 unspecified atom stereocenters. The Hall–Kier alpha value is -1.40. The van der Waals surface area contributed by atoms with E-state index in [0.717, 1.165) is 57.8 Å². The van der Waals surface area contributed by atoms with Crippen molar-refractivity contribution in [3.05, 3.63) is 12.2 Å². The highest BCUT2D eigenvalue weighted by Crippen LogP contribution is 2.47. The van der Waals surface area contributed by atoms with Gasteiger partial charge in [-0.25, -0.2) is 0 Å². The number of hydrogen-bond donors (Lipinski definition) is 2. The lowest BCUT2D eigenvalue weighted by molar-refractivity contribution is -0.126. The van der Waals surface area contributed by atoms with Crippen LogP contribution in [0.4, 0.5) is 0 Å². The van der Waals surface area contributed by atoms with Crippen LogP contribution in [0.2, 0.25) is 0 Å². The van der Waals surface area contributed by atoms with Crippen molar-refractivity contribution in [3.8, 4) is 0 Å². The highest BCUT2D eigenvalue weighted by Gasteiger charge is 2.47. The average Bonchev–Trinajstić information content (AvgIpc) is 3.42. The molecule has 6 nitrogen and oxygen atoms in total. The summed E-state index contributed by atoms with van der Waals surface area (Å²) in [6.45, 7) is 2.82. The van der Waals surface area contributed by atoms with Crippen LogP contribution in [0.25, 0.3) is 0 Å². The summed E-state index contributed by atoms with van der Waals surface area (Å²) < 4.78 is 6.20. The van der Waals surface area contributed by atoms with Gasteiger partial charge in [0, 0.05) is 19.4 Å². The van der Waals surface area contributed by atoms with Crippen LogP contribution in [0.5, 0.6) is 0 Å². The molecule has 2 rings (SSSR count). The van der Waals surface area contributed by atoms with Gasteiger partial charge < -0.3 is 15.4 Å². The zero-order valence-corrected chi connectivity index (χ0v) is 21.0. The number of carbonyl (C=O) groups is 3. The van der Waals surface area contributed by atoms with Gasteiger partial charge in [-0.05, 0) is 63.2 Å². The third-order valence-electron chi connectivity index (χ3n) is 6.88. The van der Waals surface area contributed by atoms with Gasteiger partial charge >= 0.3 is 0 Å². The number of alkyl halides is 1. The molecule has 2 amide bonds. The number of unbranched alkanes of at least 4 members (excludes halogenated alkanes) is 4. The fraction of sp³-hybridized carbons (Fsp3) is 0.808. The molecule has 2 aliphatic rings. The molecule has 2 fully saturated rings. The number of nitrogens with one attached hydrogen (secondary N) is 2. The number of Topliss-reactive ketones (excluding diaryl/α,β-unsaturated/α-hetero) is 1. The molecular weight excluding hydrogens is 440 g/mol. The number of ether oxygens (including phenoxy) is 1. The lowest BCUT2D eigenvalue weighted by Crippen LogP contribution is -2.37. The number of hydrogen-bond acceptors (Lipinski definition) is 4. The number of ketones is 1. The van der Waals surface area contributed by atoms with Crippen LogP contribution < -0.4 is 10.6 Å². The number of amides is 2. The summed E-state index contributed by atoms with van der Waals surface area (Å²) in [5.74, 6) is 1.27. The van der Waals surface area contributed by atoms with E-state index < -0.39 is 0 Å². The van der Waals surface area contributed by atoms with Crippen molar-refractivity contribution in [3.63, 3.8) is 0 Å². The molecule has 0 saturated carbocycles. The van der Waals surface area contributed by atoms with Gasteiger partial charge in [0.15, 0.2) is 0 Å². The molecule has 2 N–H and O–H groups in total. The highest BCUT2D eigenvalue weighted by atomic mass is 35.5. The van der Waals surface area contributed by atoms with Crippen molar-refractivity contribution >= 4 is 29.2 Å². The molecule has 0 spiro atoms. The second-order valence-electron chi connectivity index (χ2n) is 9.47. The zero-order valence-electron chi connectivity index (χ0n) is 20.3. The Morgan fingerprint density at radius 2 is 1.70 bits per heavy atom. The number of rotatable bonds is 18. The van der Waals surface area contributed by atoms with Gasteiger partial charge in [0.05, 0.1) is 24.6 Å². The first-order chi connectivity index (χ1) is 16.0. The normalized spacial score (nSPS) is 23.8. The summed E-state index contributed by atoms with van der Waals surface area (Å²) in [6, 6.07) is 0. The minimum Gasteiger partial charge on any atom is -0.374 e. The zero-order chi connectivity index (χ0) is 23.9. The fourth-order valence-electron chi connectivity index (χ4n) is 5.05. The molecule has 0 aromatic rings. The van der Waals surface area contributed by atoms with Crippen molar-refractivity contribution in [1.29, 1.82) is 0 Å². The Balaban J connectivity index is 1.57. The molecule has 2 bridgehead atoms. The van der Waals surface area contributed by atoms with E-state index in [0.29, 0.717) is 43.4 Å². The lowest BCUT2D eigenvalue weighted by atomic mass is 9.75. The van der Waals surface area contributed by atoms with Crippen LogP contribution >= 0.6 is 11.6 Å². The molecule has 33 heavy (non-hydrogen) atoms. The van der Waals surface area contributed by atoms with Gasteiger partial charge in [-0.2, -0.15) is 0 Å². The second-order valence-corrected chi connectivity index (χ2v) is 9.74. The number of halogens is 1. The van der Waals surface area contributed by atoms with E-state index in [9.17, 15) is 14.4 Å². The first kappa shape index (κ1) is 27.8. The Bertz CT molecular complexity index is 640. The molecule has 2 saturated heterocycles. The highest BCUT2D eigenvalue weighted by molar-refractivity contribution is 6.27. The number of fused-ring (bicyclic) bond motifs is 2. The third-order valence-corrected chi connectivity index (χ3v) is 7.18. The molecule has 0 aromatic carbocycles. The second kappa shape index (κ2) is 16.3. The van der Waals surface area contributed by atoms with E-state index in [1.165, 1.54) is 12.8 Å². The van der Waals surface area contributed by atoms with Gasteiger partial charge in [0.2, 0.25) is 11.8 Å². The maximum absolute atomic E-state index is 11.9. The van der Waals surface area contributed by atoms with Crippen LogP contribution in [0, 0.1) is 11.8 Å². The minimum absolute atomic E-state index is 0.0428. The number of carbonyl (C=O) groups excluding carboxylic acids is 3. The van der Waals surface area contributed by atoms with Crippen LogP contribution in [0.15, 0.2) is 12.2 Å². The third kappa shape index (κ3) is 10.6. The maximum atomic E-state index is 11.9. The minimum atomic E-state index is -0.113. The lowest BCUT2D eigenvalue weighted by Gasteiger charge is -2.27. The first-order valence-electron chi connectivity index (χ1n) is 13.0. The number of allylic oxidation sites excluding steroid dienone is 2. The monoisotopic (exact) mass is 482 g/mol. The summed E-state index contributed by atoms with van der Waals surface area (Å²) >= 11 is 5.53. The molecule has 2 heterocycles. The predicted octanol–water partition coefficient (Wildman–Crippen LogP) is 4.69. The van der Waals surface area contributed by atoms with Crippen LogP contribution in [0.3, 0.4) is 0 Å². The van der Waals surface area contributed by atoms with E-state index in [-0.39, 0.29) is 30.0 Å². The van der Waals surface area contributed by atoms with Gasteiger partial charge in [-0.1, -0.05) is 38.3 Å². The van der Waals surface area contributed by atoms with Crippen LogP contribution in [-0.4, -0.2) is 48.8 Å². The maximum Gasteiger partial charge on any atom is 0.239 e. The summed E-state index contributed by atoms with van der Waals surface area (Å²) in [7, 11) is 0. The average molecular weight is 483 g/mol.